The van der Waals surface area contributed by atoms with Crippen LogP contribution in [0.4, 0.5) is 5.69 Å². The van der Waals surface area contributed by atoms with E-state index in [0.29, 0.717) is 5.71 Å². The first-order valence-electron chi connectivity index (χ1n) is 5.14. The van der Waals surface area contributed by atoms with Gasteiger partial charge in [-0.15, -0.1) is 0 Å². The van der Waals surface area contributed by atoms with E-state index in [1.54, 1.807) is 12.1 Å². The fraction of sp³-hybridized carbons (Fsp3) is 0.167. The molecule has 1 aromatic carbocycles. The average Bonchev–Trinajstić information content (AvgIpc) is 2.30. The number of hydrogen-bond acceptors (Lipinski definition) is 3. The summed E-state index contributed by atoms with van der Waals surface area (Å²) in [5, 5.41) is 2.68. The number of benzene rings is 1. The number of carbonyl (C=O) groups is 2. The molecular weight excluding hydrogens is 218 g/mol. The second kappa shape index (κ2) is 4.69. The van der Waals surface area contributed by atoms with Gasteiger partial charge in [0.2, 0.25) is 5.91 Å². The van der Waals surface area contributed by atoms with Gasteiger partial charge in [0, 0.05) is 18.2 Å². The molecule has 0 fully saturated rings. The third-order valence-corrected chi connectivity index (χ3v) is 2.22. The van der Waals surface area contributed by atoms with Crippen LogP contribution in [0.2, 0.25) is 0 Å². The summed E-state index contributed by atoms with van der Waals surface area (Å²) in [4.78, 5) is 29.5. The van der Waals surface area contributed by atoms with Crippen molar-refractivity contribution in [2.24, 2.45) is 9.98 Å². The van der Waals surface area contributed by atoms with E-state index in [2.05, 4.69) is 15.3 Å². The van der Waals surface area contributed by atoms with E-state index in [4.69, 9.17) is 0 Å². The molecule has 0 spiro atoms. The van der Waals surface area contributed by atoms with Crippen molar-refractivity contribution in [2.45, 2.75) is 6.92 Å². The van der Waals surface area contributed by atoms with Crippen LogP contribution in [0, 0.1) is 0 Å². The Balaban J connectivity index is 2.16. The number of carbonyl (C=O) groups excluding carboxylic acids is 2. The fourth-order valence-electron chi connectivity index (χ4n) is 1.46. The van der Waals surface area contributed by atoms with E-state index in [0.717, 1.165) is 11.3 Å². The van der Waals surface area contributed by atoms with E-state index in [-0.39, 0.29) is 18.4 Å². The highest BCUT2D eigenvalue weighted by atomic mass is 16.2. The molecule has 5 nitrogen and oxygen atoms in total. The van der Waals surface area contributed by atoms with Crippen molar-refractivity contribution < 1.29 is 9.59 Å². The molecule has 1 aliphatic heterocycles. The number of anilines is 1. The molecule has 0 unspecified atom stereocenters. The van der Waals surface area contributed by atoms with Crippen molar-refractivity contribution in [3.05, 3.63) is 29.8 Å². The van der Waals surface area contributed by atoms with Crippen LogP contribution in [-0.4, -0.2) is 30.3 Å². The lowest BCUT2D eigenvalue weighted by atomic mass is 10.1. The molecule has 2 rings (SSSR count). The lowest BCUT2D eigenvalue weighted by Gasteiger charge is -2.06. The molecule has 2 amide bonds. The van der Waals surface area contributed by atoms with Gasteiger partial charge in [-0.2, -0.15) is 0 Å². The Hall–Kier alpha value is -2.30. The Morgan fingerprint density at radius 1 is 1.29 bits per heavy atom. The van der Waals surface area contributed by atoms with E-state index in [1.165, 1.54) is 13.1 Å². The number of amides is 2. The average molecular weight is 229 g/mol. The highest BCUT2D eigenvalue weighted by Crippen LogP contribution is 2.11. The fourth-order valence-corrected chi connectivity index (χ4v) is 1.46. The van der Waals surface area contributed by atoms with Crippen molar-refractivity contribution in [1.29, 1.82) is 0 Å². The van der Waals surface area contributed by atoms with Gasteiger partial charge < -0.3 is 5.32 Å². The highest BCUT2D eigenvalue weighted by Gasteiger charge is 2.08. The normalized spacial score (nSPS) is 14.4. The molecule has 1 aliphatic rings. The van der Waals surface area contributed by atoms with Gasteiger partial charge in [0.25, 0.3) is 5.91 Å². The Bertz CT molecular complexity index is 515. The molecule has 0 aromatic heterocycles. The molecule has 86 valence electrons. The minimum Gasteiger partial charge on any atom is -0.326 e. The Kier molecular flexibility index (Phi) is 3.09. The van der Waals surface area contributed by atoms with Crippen LogP contribution in [0.3, 0.4) is 0 Å². The van der Waals surface area contributed by atoms with E-state index in [9.17, 15) is 9.59 Å². The molecule has 1 heterocycles. The van der Waals surface area contributed by atoms with E-state index >= 15 is 0 Å². The van der Waals surface area contributed by atoms with Gasteiger partial charge in [-0.1, -0.05) is 12.1 Å². The Labute approximate surface area is 98.3 Å². The van der Waals surface area contributed by atoms with Gasteiger partial charge >= 0.3 is 0 Å². The SMILES string of the molecule is CC(=O)Nc1ccc(C2=NCC(=O)N=C2)cc1. The number of nitrogens with zero attached hydrogens (tertiary/aromatic N) is 2. The van der Waals surface area contributed by atoms with Crippen LogP contribution >= 0.6 is 0 Å². The van der Waals surface area contributed by atoms with Gasteiger partial charge in [0.15, 0.2) is 0 Å². The minimum atomic E-state index is -0.233. The maximum absolute atomic E-state index is 10.9. The lowest BCUT2D eigenvalue weighted by molar-refractivity contribution is -0.116. The number of nitrogens with one attached hydrogen (secondary N) is 1. The molecule has 0 saturated heterocycles. The van der Waals surface area contributed by atoms with Crippen LogP contribution in [0.25, 0.3) is 0 Å². The summed E-state index contributed by atoms with van der Waals surface area (Å²) < 4.78 is 0. The van der Waals surface area contributed by atoms with Crippen molar-refractivity contribution in [3.63, 3.8) is 0 Å². The van der Waals surface area contributed by atoms with Crippen LogP contribution in [0.15, 0.2) is 34.3 Å². The van der Waals surface area contributed by atoms with Gasteiger partial charge in [-0.05, 0) is 12.1 Å². The largest absolute Gasteiger partial charge is 0.326 e. The van der Waals surface area contributed by atoms with Crippen molar-refractivity contribution in [3.8, 4) is 0 Å². The summed E-state index contributed by atoms with van der Waals surface area (Å²) in [6.07, 6.45) is 1.46. The Morgan fingerprint density at radius 2 is 2.00 bits per heavy atom. The number of hydrogen-bond donors (Lipinski definition) is 1. The minimum absolute atomic E-state index is 0.0965. The molecule has 1 aromatic rings. The summed E-state index contributed by atoms with van der Waals surface area (Å²) in [7, 11) is 0. The summed E-state index contributed by atoms with van der Waals surface area (Å²) >= 11 is 0. The summed E-state index contributed by atoms with van der Waals surface area (Å²) in [5.74, 6) is -0.344. The van der Waals surface area contributed by atoms with Crippen LogP contribution < -0.4 is 5.32 Å². The molecule has 0 bridgehead atoms. The maximum Gasteiger partial charge on any atom is 0.267 e. The third-order valence-electron chi connectivity index (χ3n) is 2.22. The first-order valence-corrected chi connectivity index (χ1v) is 5.14. The topological polar surface area (TPSA) is 70.9 Å². The second-order valence-electron chi connectivity index (χ2n) is 3.61. The molecule has 1 N–H and O–H groups in total. The zero-order valence-corrected chi connectivity index (χ0v) is 9.30. The van der Waals surface area contributed by atoms with Crippen molar-refractivity contribution >= 4 is 29.4 Å². The summed E-state index contributed by atoms with van der Waals surface area (Å²) in [6, 6.07) is 7.21. The number of rotatable bonds is 2. The van der Waals surface area contributed by atoms with Crippen LogP contribution in [-0.2, 0) is 9.59 Å². The molecular formula is C12H11N3O2. The predicted molar refractivity (Wildman–Crippen MR) is 65.6 cm³/mol. The van der Waals surface area contributed by atoms with Crippen LogP contribution in [0.5, 0.6) is 0 Å². The van der Waals surface area contributed by atoms with Gasteiger partial charge in [-0.3, -0.25) is 14.6 Å². The van der Waals surface area contributed by atoms with Gasteiger partial charge in [-0.25, -0.2) is 4.99 Å². The Morgan fingerprint density at radius 3 is 2.53 bits per heavy atom. The quantitative estimate of drug-likeness (QED) is 0.823. The molecule has 0 atom stereocenters. The highest BCUT2D eigenvalue weighted by molar-refractivity contribution is 6.40. The molecule has 5 heteroatoms. The standard InChI is InChI=1S/C12H11N3O2/c1-8(16)15-10-4-2-9(3-5-10)11-6-14-12(17)7-13-11/h2-6H,7H2,1H3,(H,15,16). The van der Waals surface area contributed by atoms with Crippen molar-refractivity contribution in [1.82, 2.24) is 0 Å². The molecule has 0 radical (unpaired) electrons. The lowest BCUT2D eigenvalue weighted by Crippen LogP contribution is -2.14. The van der Waals surface area contributed by atoms with Gasteiger partial charge in [0.1, 0.15) is 6.54 Å². The molecule has 0 aliphatic carbocycles. The maximum atomic E-state index is 10.9. The van der Waals surface area contributed by atoms with Crippen LogP contribution in [0.1, 0.15) is 12.5 Å². The zero-order valence-electron chi connectivity index (χ0n) is 9.30. The zero-order chi connectivity index (χ0) is 12.3. The van der Waals surface area contributed by atoms with Crippen molar-refractivity contribution in [2.75, 3.05) is 11.9 Å². The molecule has 17 heavy (non-hydrogen) atoms. The summed E-state index contributed by atoms with van der Waals surface area (Å²) in [6.45, 7) is 1.55. The van der Waals surface area contributed by atoms with Gasteiger partial charge in [0.05, 0.1) is 11.9 Å². The van der Waals surface area contributed by atoms with E-state index < -0.39 is 0 Å². The molecule has 0 saturated carbocycles. The predicted octanol–water partition coefficient (Wildman–Crippen LogP) is 1.05. The first-order chi connectivity index (χ1) is 8.15. The first kappa shape index (κ1) is 11.2. The smallest absolute Gasteiger partial charge is 0.267 e. The summed E-state index contributed by atoms with van der Waals surface area (Å²) in [5.41, 5.74) is 2.28. The monoisotopic (exact) mass is 229 g/mol. The van der Waals surface area contributed by atoms with E-state index in [1.807, 2.05) is 12.1 Å². The second-order valence-corrected chi connectivity index (χ2v) is 3.61. The number of aliphatic imine (C=N–C) groups is 2. The third kappa shape index (κ3) is 2.84.